The number of amides is 1. The van der Waals surface area contributed by atoms with Gasteiger partial charge >= 0.3 is 0 Å². The minimum atomic E-state index is -0.131. The van der Waals surface area contributed by atoms with Crippen molar-refractivity contribution in [1.29, 1.82) is 0 Å². The number of nitrogens with zero attached hydrogens (tertiary/aromatic N) is 1. The van der Waals surface area contributed by atoms with Crippen molar-refractivity contribution in [3.05, 3.63) is 24.0 Å². The fraction of sp³-hybridized carbons (Fsp3) is 0.667. The summed E-state index contributed by atoms with van der Waals surface area (Å²) in [7, 11) is 0. The molecule has 2 N–H and O–H groups in total. The molecule has 0 saturated heterocycles. The number of nitrogens with one attached hydrogen (secondary N) is 1. The van der Waals surface area contributed by atoms with Crippen LogP contribution in [0.1, 0.15) is 49.5 Å². The van der Waals surface area contributed by atoms with Crippen molar-refractivity contribution in [3.63, 3.8) is 0 Å². The Hall–Kier alpha value is -1.29. The Kier molecular flexibility index (Phi) is 5.02. The number of rotatable bonds is 5. The molecule has 4 nitrogen and oxygen atoms in total. The molecule has 0 atom stereocenters. The first-order valence-corrected chi connectivity index (χ1v) is 7.32. The van der Waals surface area contributed by atoms with Gasteiger partial charge in [0.05, 0.1) is 6.10 Å². The van der Waals surface area contributed by atoms with Gasteiger partial charge in [0.25, 0.3) is 5.91 Å². The van der Waals surface area contributed by atoms with E-state index in [-0.39, 0.29) is 12.0 Å². The second kappa shape index (κ2) is 6.75. The number of hydrogen-bond acceptors (Lipinski definition) is 2. The van der Waals surface area contributed by atoms with Crippen LogP contribution in [0.4, 0.5) is 0 Å². The van der Waals surface area contributed by atoms with Crippen molar-refractivity contribution < 1.29 is 9.90 Å². The summed E-state index contributed by atoms with van der Waals surface area (Å²) in [6, 6.07) is 3.79. The zero-order valence-electron chi connectivity index (χ0n) is 11.6. The molecule has 4 heteroatoms. The summed E-state index contributed by atoms with van der Waals surface area (Å²) in [6.45, 7) is 3.71. The van der Waals surface area contributed by atoms with Crippen LogP contribution in [0, 0.1) is 5.92 Å². The highest BCUT2D eigenvalue weighted by Crippen LogP contribution is 2.23. The van der Waals surface area contributed by atoms with Gasteiger partial charge in [-0.3, -0.25) is 4.79 Å². The largest absolute Gasteiger partial charge is 0.393 e. The van der Waals surface area contributed by atoms with Gasteiger partial charge in [-0.25, -0.2) is 0 Å². The van der Waals surface area contributed by atoms with Crippen molar-refractivity contribution in [1.82, 2.24) is 9.88 Å². The van der Waals surface area contributed by atoms with Crippen LogP contribution in [-0.4, -0.2) is 28.2 Å². The molecule has 0 aromatic carbocycles. The van der Waals surface area contributed by atoms with E-state index in [1.54, 1.807) is 0 Å². The van der Waals surface area contributed by atoms with Gasteiger partial charge in [-0.15, -0.1) is 0 Å². The number of carbonyl (C=O) groups is 1. The van der Waals surface area contributed by atoms with E-state index in [4.69, 9.17) is 0 Å². The average molecular weight is 264 g/mol. The zero-order valence-corrected chi connectivity index (χ0v) is 11.6. The molecular weight excluding hydrogens is 240 g/mol. The zero-order chi connectivity index (χ0) is 13.7. The van der Waals surface area contributed by atoms with Crippen LogP contribution in [0.3, 0.4) is 0 Å². The fourth-order valence-corrected chi connectivity index (χ4v) is 2.73. The maximum Gasteiger partial charge on any atom is 0.267 e. The van der Waals surface area contributed by atoms with E-state index in [9.17, 15) is 9.90 Å². The molecule has 2 rings (SSSR count). The van der Waals surface area contributed by atoms with Crippen LogP contribution < -0.4 is 5.32 Å². The van der Waals surface area contributed by atoms with Gasteiger partial charge in [0.15, 0.2) is 0 Å². The highest BCUT2D eigenvalue weighted by molar-refractivity contribution is 5.92. The first kappa shape index (κ1) is 14.1. The Labute approximate surface area is 114 Å². The number of aliphatic hydroxyl groups is 1. The van der Waals surface area contributed by atoms with Gasteiger partial charge < -0.3 is 15.0 Å². The molecule has 0 aliphatic heterocycles. The van der Waals surface area contributed by atoms with Crippen molar-refractivity contribution >= 4 is 5.91 Å². The topological polar surface area (TPSA) is 54.3 Å². The molecule has 1 aromatic rings. The maximum atomic E-state index is 12.1. The first-order chi connectivity index (χ1) is 9.20. The lowest BCUT2D eigenvalue weighted by molar-refractivity contribution is 0.0902. The van der Waals surface area contributed by atoms with Crippen molar-refractivity contribution in [2.24, 2.45) is 5.92 Å². The lowest BCUT2D eigenvalue weighted by Crippen LogP contribution is -2.33. The number of aryl methyl sites for hydroxylation is 1. The highest BCUT2D eigenvalue weighted by Gasteiger charge is 2.20. The second-order valence-corrected chi connectivity index (χ2v) is 5.47. The smallest absolute Gasteiger partial charge is 0.267 e. The molecule has 19 heavy (non-hydrogen) atoms. The number of aliphatic hydroxyl groups excluding tert-OH is 1. The van der Waals surface area contributed by atoms with Crippen LogP contribution in [0.5, 0.6) is 0 Å². The third kappa shape index (κ3) is 3.83. The molecule has 0 unspecified atom stereocenters. The first-order valence-electron chi connectivity index (χ1n) is 7.32. The molecule has 1 aliphatic carbocycles. The molecule has 1 aliphatic rings. The Morgan fingerprint density at radius 1 is 1.42 bits per heavy atom. The van der Waals surface area contributed by atoms with Crippen molar-refractivity contribution in [2.75, 3.05) is 6.54 Å². The standard InChI is InChI=1S/C15H24N2O2/c1-2-9-17-10-3-4-14(17)15(19)16-11-12-5-7-13(18)8-6-12/h3-4,10,12-13,18H,2,5-9,11H2,1H3,(H,16,19). The van der Waals surface area contributed by atoms with Crippen LogP contribution in [0.2, 0.25) is 0 Å². The predicted molar refractivity (Wildman–Crippen MR) is 75.0 cm³/mol. The van der Waals surface area contributed by atoms with E-state index < -0.39 is 0 Å². The van der Waals surface area contributed by atoms with E-state index in [1.807, 2.05) is 22.9 Å². The van der Waals surface area contributed by atoms with Gasteiger partial charge in [0.1, 0.15) is 5.69 Å². The summed E-state index contributed by atoms with van der Waals surface area (Å²) in [5.41, 5.74) is 0.748. The average Bonchev–Trinajstić information content (AvgIpc) is 2.86. The SMILES string of the molecule is CCCn1cccc1C(=O)NCC1CCC(O)CC1. The minimum Gasteiger partial charge on any atom is -0.393 e. The van der Waals surface area contributed by atoms with Gasteiger partial charge in [0.2, 0.25) is 0 Å². The van der Waals surface area contributed by atoms with E-state index in [2.05, 4.69) is 12.2 Å². The van der Waals surface area contributed by atoms with Gasteiger partial charge in [-0.1, -0.05) is 6.92 Å². The third-order valence-electron chi connectivity index (χ3n) is 3.89. The summed E-state index contributed by atoms with van der Waals surface area (Å²) in [5, 5.41) is 12.5. The molecule has 0 radical (unpaired) electrons. The molecule has 1 fully saturated rings. The highest BCUT2D eigenvalue weighted by atomic mass is 16.3. The van der Waals surface area contributed by atoms with Gasteiger partial charge in [-0.05, 0) is 50.2 Å². The summed E-state index contributed by atoms with van der Waals surface area (Å²) in [4.78, 5) is 12.1. The van der Waals surface area contributed by atoms with Crippen molar-refractivity contribution in [2.45, 2.75) is 51.7 Å². The van der Waals surface area contributed by atoms with E-state index in [0.717, 1.165) is 50.9 Å². The Morgan fingerprint density at radius 3 is 2.84 bits per heavy atom. The van der Waals surface area contributed by atoms with Crippen molar-refractivity contribution in [3.8, 4) is 0 Å². The maximum absolute atomic E-state index is 12.1. The molecule has 0 bridgehead atoms. The Balaban J connectivity index is 1.82. The molecule has 0 spiro atoms. The molecule has 106 valence electrons. The van der Waals surface area contributed by atoms with Crippen LogP contribution in [0.15, 0.2) is 18.3 Å². The summed E-state index contributed by atoms with van der Waals surface area (Å²) in [6.07, 6.45) is 6.60. The fourth-order valence-electron chi connectivity index (χ4n) is 2.73. The van der Waals surface area contributed by atoms with Crippen LogP contribution in [-0.2, 0) is 6.54 Å². The van der Waals surface area contributed by atoms with Crippen LogP contribution in [0.25, 0.3) is 0 Å². The quantitative estimate of drug-likeness (QED) is 0.856. The molecule has 1 saturated carbocycles. The number of hydrogen-bond donors (Lipinski definition) is 2. The van der Waals surface area contributed by atoms with E-state index >= 15 is 0 Å². The Bertz CT molecular complexity index is 406. The minimum absolute atomic E-state index is 0.0181. The van der Waals surface area contributed by atoms with Gasteiger partial charge in [0, 0.05) is 19.3 Å². The molecule has 1 heterocycles. The normalized spacial score (nSPS) is 23.3. The summed E-state index contributed by atoms with van der Waals surface area (Å²) < 4.78 is 2.00. The van der Waals surface area contributed by atoms with Crippen LogP contribution >= 0.6 is 0 Å². The molecule has 1 amide bonds. The summed E-state index contributed by atoms with van der Waals surface area (Å²) in [5.74, 6) is 0.534. The lowest BCUT2D eigenvalue weighted by Gasteiger charge is -2.25. The molecule has 1 aromatic heterocycles. The monoisotopic (exact) mass is 264 g/mol. The number of carbonyl (C=O) groups excluding carboxylic acids is 1. The van der Waals surface area contributed by atoms with Gasteiger partial charge in [-0.2, -0.15) is 0 Å². The number of aromatic nitrogens is 1. The predicted octanol–water partition coefficient (Wildman–Crippen LogP) is 2.18. The molecular formula is C15H24N2O2. The summed E-state index contributed by atoms with van der Waals surface area (Å²) >= 11 is 0. The van der Waals surface area contributed by atoms with E-state index in [1.165, 1.54) is 0 Å². The van der Waals surface area contributed by atoms with E-state index in [0.29, 0.717) is 5.92 Å². The second-order valence-electron chi connectivity index (χ2n) is 5.47. The lowest BCUT2D eigenvalue weighted by atomic mass is 9.87. The third-order valence-corrected chi connectivity index (χ3v) is 3.89. The Morgan fingerprint density at radius 2 is 2.16 bits per heavy atom.